The average Bonchev–Trinajstić information content (AvgIpc) is 3.23. The molecule has 0 amide bonds. The Labute approximate surface area is 221 Å². The first kappa shape index (κ1) is 24.6. The first-order valence-electron chi connectivity index (χ1n) is 12.2. The molecule has 2 N–H and O–H groups in total. The van der Waals surface area contributed by atoms with Crippen molar-refractivity contribution in [2.45, 2.75) is 31.6 Å². The molecule has 0 saturated heterocycles. The molecule has 0 radical (unpaired) electrons. The maximum Gasteiger partial charge on any atom is 0.323 e. The molecule has 0 unspecified atom stereocenters. The zero-order valence-electron chi connectivity index (χ0n) is 20.4. The predicted molar refractivity (Wildman–Crippen MR) is 144 cm³/mol. The minimum atomic E-state index is -3.63. The molecule has 5 aromatic rings. The summed E-state index contributed by atoms with van der Waals surface area (Å²) in [6.07, 6.45) is 7.43. The van der Waals surface area contributed by atoms with Gasteiger partial charge < -0.3 is 9.40 Å². The van der Waals surface area contributed by atoms with Gasteiger partial charge >= 0.3 is 4.87 Å². The van der Waals surface area contributed by atoms with Gasteiger partial charge in [0.2, 0.25) is 10.0 Å². The highest BCUT2D eigenvalue weighted by Crippen LogP contribution is 2.49. The van der Waals surface area contributed by atoms with Gasteiger partial charge in [-0.05, 0) is 61.1 Å². The second kappa shape index (κ2) is 9.52. The van der Waals surface area contributed by atoms with Gasteiger partial charge in [0.05, 0.1) is 17.5 Å². The van der Waals surface area contributed by atoms with Crippen LogP contribution in [0.1, 0.15) is 36.6 Å². The number of sulfonamides is 1. The fourth-order valence-electron chi connectivity index (χ4n) is 4.75. The zero-order chi connectivity index (χ0) is 26.4. The average molecular weight is 554 g/mol. The van der Waals surface area contributed by atoms with Gasteiger partial charge in [-0.1, -0.05) is 0 Å². The van der Waals surface area contributed by atoms with Crippen molar-refractivity contribution in [2.24, 2.45) is 0 Å². The monoisotopic (exact) mass is 553 g/mol. The van der Waals surface area contributed by atoms with Gasteiger partial charge in [0.15, 0.2) is 0 Å². The molecule has 2 aromatic carbocycles. The summed E-state index contributed by atoms with van der Waals surface area (Å²) in [6.45, 7) is 0.222. The molecule has 0 atom stereocenters. The molecular weight excluding hydrogens is 529 g/mol. The van der Waals surface area contributed by atoms with E-state index in [9.17, 15) is 17.6 Å². The number of aromatic nitrogens is 4. The summed E-state index contributed by atoms with van der Waals surface area (Å²) in [6, 6.07) is 9.83. The molecule has 1 fully saturated rings. The van der Waals surface area contributed by atoms with Crippen LogP contribution in [0.4, 0.5) is 10.1 Å². The predicted octanol–water partition coefficient (Wildman–Crippen LogP) is 5.05. The number of nitrogens with one attached hydrogen (secondary N) is 2. The highest BCUT2D eigenvalue weighted by Gasteiger charge is 2.32. The van der Waals surface area contributed by atoms with Crippen molar-refractivity contribution >= 4 is 38.2 Å². The number of aromatic amines is 2. The fraction of sp³-hybridized carbons (Fsp3) is 0.269. The topological polar surface area (TPSA) is 125 Å². The minimum absolute atomic E-state index is 0.222. The van der Waals surface area contributed by atoms with Crippen LogP contribution in [0.15, 0.2) is 58.0 Å². The first-order chi connectivity index (χ1) is 18.3. The standard InChI is InChI=1S/C26H24FN5O4S2/c1-38(34,35)32(12-2-3-22-30-26(33)37-31-22)20-14-21-19(13-18(20)15-4-5-15)23(25-28-10-11-29-25)24(36-21)16-6-8-17(27)9-7-16/h6-11,13-15H,2-5,12H2,1H3,(H,28,29)(H,30,31,33). The molecule has 3 heterocycles. The summed E-state index contributed by atoms with van der Waals surface area (Å²) < 4.78 is 51.5. The van der Waals surface area contributed by atoms with Gasteiger partial charge in [-0.2, -0.15) is 4.37 Å². The van der Waals surface area contributed by atoms with Crippen LogP contribution in [0.2, 0.25) is 0 Å². The number of imidazole rings is 1. The maximum atomic E-state index is 13.7. The lowest BCUT2D eigenvalue weighted by molar-refractivity contribution is 0.594. The summed E-state index contributed by atoms with van der Waals surface area (Å²) in [5.74, 6) is 1.56. The van der Waals surface area contributed by atoms with Crippen LogP contribution < -0.4 is 9.18 Å². The Morgan fingerprint density at radius 2 is 2.00 bits per heavy atom. The van der Waals surface area contributed by atoms with Crippen molar-refractivity contribution in [3.05, 3.63) is 75.7 Å². The SMILES string of the molecule is CS(=O)(=O)N(CCCc1nsc(=O)[nH]1)c1cc2oc(-c3ccc(F)cc3)c(-c3ncc[nH]3)c2cc1C1CC1. The molecule has 0 aliphatic heterocycles. The van der Waals surface area contributed by atoms with Crippen LogP contribution in [0.25, 0.3) is 33.7 Å². The largest absolute Gasteiger partial charge is 0.455 e. The van der Waals surface area contributed by atoms with Crippen molar-refractivity contribution in [2.75, 3.05) is 17.1 Å². The molecule has 1 saturated carbocycles. The van der Waals surface area contributed by atoms with Gasteiger partial charge in [0, 0.05) is 53.9 Å². The van der Waals surface area contributed by atoms with Crippen molar-refractivity contribution in [1.82, 2.24) is 19.3 Å². The van der Waals surface area contributed by atoms with Crippen molar-refractivity contribution < 1.29 is 17.2 Å². The van der Waals surface area contributed by atoms with Gasteiger partial charge in [-0.25, -0.2) is 17.8 Å². The molecule has 6 rings (SSSR count). The van der Waals surface area contributed by atoms with Gasteiger partial charge in [0.25, 0.3) is 0 Å². The fourth-order valence-corrected chi connectivity index (χ4v) is 6.22. The Kier molecular flexibility index (Phi) is 6.15. The van der Waals surface area contributed by atoms with E-state index in [1.165, 1.54) is 22.7 Å². The van der Waals surface area contributed by atoms with E-state index in [4.69, 9.17) is 4.42 Å². The Bertz CT molecular complexity index is 1770. The van der Waals surface area contributed by atoms with Crippen molar-refractivity contribution in [3.8, 4) is 22.7 Å². The van der Waals surface area contributed by atoms with Crippen LogP contribution in [-0.2, 0) is 16.4 Å². The Morgan fingerprint density at radius 3 is 2.63 bits per heavy atom. The van der Waals surface area contributed by atoms with E-state index in [0.717, 1.165) is 40.9 Å². The smallest absolute Gasteiger partial charge is 0.323 e. The first-order valence-corrected chi connectivity index (χ1v) is 14.8. The number of anilines is 1. The molecule has 12 heteroatoms. The van der Waals surface area contributed by atoms with Gasteiger partial charge in [-0.3, -0.25) is 14.1 Å². The second-order valence-corrected chi connectivity index (χ2v) is 12.1. The molecule has 196 valence electrons. The number of hydrogen-bond acceptors (Lipinski definition) is 7. The normalized spacial score (nSPS) is 13.8. The number of H-pyrrole nitrogens is 2. The van der Waals surface area contributed by atoms with Crippen LogP contribution in [0, 0.1) is 5.82 Å². The zero-order valence-corrected chi connectivity index (χ0v) is 22.0. The van der Waals surface area contributed by atoms with Gasteiger partial charge in [-0.15, -0.1) is 0 Å². The van der Waals surface area contributed by atoms with E-state index in [1.807, 2.05) is 6.07 Å². The third kappa shape index (κ3) is 4.76. The van der Waals surface area contributed by atoms with E-state index in [1.54, 1.807) is 30.6 Å². The lowest BCUT2D eigenvalue weighted by Crippen LogP contribution is -2.32. The van der Waals surface area contributed by atoms with E-state index in [2.05, 4.69) is 19.3 Å². The summed E-state index contributed by atoms with van der Waals surface area (Å²) >= 11 is 0.849. The summed E-state index contributed by atoms with van der Waals surface area (Å²) in [7, 11) is -3.63. The summed E-state index contributed by atoms with van der Waals surface area (Å²) in [5, 5.41) is 0.804. The summed E-state index contributed by atoms with van der Waals surface area (Å²) in [5.41, 5.74) is 3.45. The van der Waals surface area contributed by atoms with E-state index in [0.29, 0.717) is 47.1 Å². The number of benzene rings is 2. The number of furan rings is 1. The van der Waals surface area contributed by atoms with Gasteiger partial charge in [0.1, 0.15) is 28.8 Å². The molecular formula is C26H24FN5O4S2. The number of nitrogens with zero attached hydrogens (tertiary/aromatic N) is 3. The minimum Gasteiger partial charge on any atom is -0.455 e. The Hall–Kier alpha value is -3.77. The third-order valence-electron chi connectivity index (χ3n) is 6.62. The molecule has 1 aliphatic carbocycles. The lowest BCUT2D eigenvalue weighted by Gasteiger charge is -2.25. The highest BCUT2D eigenvalue weighted by molar-refractivity contribution is 7.92. The number of aryl methyl sites for hydroxylation is 1. The second-order valence-electron chi connectivity index (χ2n) is 9.41. The van der Waals surface area contributed by atoms with E-state index in [-0.39, 0.29) is 23.2 Å². The lowest BCUT2D eigenvalue weighted by atomic mass is 10.0. The summed E-state index contributed by atoms with van der Waals surface area (Å²) in [4.78, 5) is 21.4. The van der Waals surface area contributed by atoms with Crippen LogP contribution in [-0.4, -0.2) is 40.5 Å². The number of hydrogen-bond donors (Lipinski definition) is 2. The molecule has 3 aromatic heterocycles. The maximum absolute atomic E-state index is 13.7. The number of halogens is 1. The van der Waals surface area contributed by atoms with Crippen LogP contribution in [0.5, 0.6) is 0 Å². The number of rotatable bonds is 9. The van der Waals surface area contributed by atoms with Crippen molar-refractivity contribution in [1.29, 1.82) is 0 Å². The molecule has 0 spiro atoms. The molecule has 1 aliphatic rings. The Balaban J connectivity index is 1.47. The molecule has 9 nitrogen and oxygen atoms in total. The van der Waals surface area contributed by atoms with E-state index < -0.39 is 10.0 Å². The molecule has 38 heavy (non-hydrogen) atoms. The number of fused-ring (bicyclic) bond motifs is 1. The van der Waals surface area contributed by atoms with E-state index >= 15 is 0 Å². The highest BCUT2D eigenvalue weighted by atomic mass is 32.2. The third-order valence-corrected chi connectivity index (χ3v) is 8.38. The Morgan fingerprint density at radius 1 is 1.21 bits per heavy atom. The van der Waals surface area contributed by atoms with Crippen molar-refractivity contribution in [3.63, 3.8) is 0 Å². The van der Waals surface area contributed by atoms with Crippen LogP contribution >= 0.6 is 11.5 Å². The van der Waals surface area contributed by atoms with Crippen LogP contribution in [0.3, 0.4) is 0 Å². The quantitative estimate of drug-likeness (QED) is 0.263. The molecule has 0 bridgehead atoms.